The third-order valence-electron chi connectivity index (χ3n) is 4.73. The Bertz CT molecular complexity index is 1070. The number of hydrogen-bond acceptors (Lipinski definition) is 6. The molecule has 0 bridgehead atoms. The fraction of sp³-hybridized carbons (Fsp3) is 0.455. The third kappa shape index (κ3) is 8.06. The molecule has 2 heterocycles. The minimum absolute atomic E-state index is 0. The minimum atomic E-state index is -0.432. The zero-order chi connectivity index (χ0) is 23.3. The van der Waals surface area contributed by atoms with Crippen molar-refractivity contribution in [3.63, 3.8) is 0 Å². The molecule has 11 heteroatoms. The van der Waals surface area contributed by atoms with Gasteiger partial charge in [0.15, 0.2) is 11.5 Å². The van der Waals surface area contributed by atoms with Gasteiger partial charge in [0.05, 0.1) is 5.69 Å². The van der Waals surface area contributed by atoms with Crippen LogP contribution in [0.15, 0.2) is 39.2 Å². The van der Waals surface area contributed by atoms with Crippen molar-refractivity contribution in [2.75, 3.05) is 11.9 Å². The van der Waals surface area contributed by atoms with E-state index in [1.54, 1.807) is 34.3 Å². The molecule has 0 spiro atoms. The number of halogens is 2. The number of hydrogen-bond donors (Lipinski definition) is 2. The molecule has 1 fully saturated rings. The van der Waals surface area contributed by atoms with Crippen molar-refractivity contribution in [3.8, 4) is 0 Å². The van der Waals surface area contributed by atoms with Gasteiger partial charge in [-0.2, -0.15) is 4.99 Å². The van der Waals surface area contributed by atoms with Crippen molar-refractivity contribution in [1.82, 2.24) is 9.88 Å². The maximum Gasteiger partial charge on any atom is 0.324 e. The van der Waals surface area contributed by atoms with Crippen LogP contribution < -0.4 is 15.4 Å². The van der Waals surface area contributed by atoms with Crippen molar-refractivity contribution in [2.24, 2.45) is 10.4 Å². The Morgan fingerprint density at radius 3 is 2.73 bits per heavy atom. The molecule has 180 valence electrons. The van der Waals surface area contributed by atoms with Gasteiger partial charge in [-0.05, 0) is 58.9 Å². The lowest BCUT2D eigenvalue weighted by molar-refractivity contribution is -0.149. The standard InChI is InChI=1S/C22H27BrN4O4S.ClH/c1-22(2,3)12-18(28)25-16-7-6-14(11-15(16)23)19(29)26-21-27(9-10-32-21)13-31-20(30)17-5-4-8-24-17;/h6-7,9-11,17,24H,4-5,8,12-13H2,1-3H3,(H,25,28);1H/b26-21-;/t17-;/m0./s1. The molecule has 1 atom stereocenters. The summed E-state index contributed by atoms with van der Waals surface area (Å²) in [6.07, 6.45) is 3.82. The van der Waals surface area contributed by atoms with Crippen molar-refractivity contribution >= 4 is 63.1 Å². The minimum Gasteiger partial charge on any atom is -0.443 e. The maximum absolute atomic E-state index is 12.7. The fourth-order valence-electron chi connectivity index (χ4n) is 3.18. The summed E-state index contributed by atoms with van der Waals surface area (Å²) in [5.41, 5.74) is 0.843. The van der Waals surface area contributed by atoms with Crippen LogP contribution in [-0.4, -0.2) is 34.9 Å². The fourth-order valence-corrected chi connectivity index (χ4v) is 4.37. The van der Waals surface area contributed by atoms with E-state index in [0.717, 1.165) is 19.4 Å². The quantitative estimate of drug-likeness (QED) is 0.519. The maximum atomic E-state index is 12.7. The number of aromatic nitrogens is 1. The average Bonchev–Trinajstić information content (AvgIpc) is 3.38. The van der Waals surface area contributed by atoms with Crippen LogP contribution in [0.5, 0.6) is 0 Å². The first kappa shape index (κ1) is 27.2. The second-order valence-corrected chi connectivity index (χ2v) is 10.5. The highest BCUT2D eigenvalue weighted by molar-refractivity contribution is 9.10. The molecule has 3 rings (SSSR count). The Hall–Kier alpha value is -2.01. The molecule has 2 N–H and O–H groups in total. The molecule has 8 nitrogen and oxygen atoms in total. The van der Waals surface area contributed by atoms with Gasteiger partial charge in [0.1, 0.15) is 6.04 Å². The predicted molar refractivity (Wildman–Crippen MR) is 133 cm³/mol. The number of anilines is 1. The Morgan fingerprint density at radius 1 is 1.33 bits per heavy atom. The first-order valence-corrected chi connectivity index (χ1v) is 12.0. The molecule has 1 aromatic heterocycles. The molecule has 0 aliphatic carbocycles. The average molecular weight is 560 g/mol. The molecular weight excluding hydrogens is 532 g/mol. The number of ether oxygens (including phenoxy) is 1. The largest absolute Gasteiger partial charge is 0.443 e. The lowest BCUT2D eigenvalue weighted by Crippen LogP contribution is -2.33. The molecular formula is C22H28BrClN4O4S. The van der Waals surface area contributed by atoms with Crippen LogP contribution in [0.1, 0.15) is 50.4 Å². The molecule has 2 amide bonds. The SMILES string of the molecule is CC(C)(C)CC(=O)Nc1ccc(C(=O)/N=c2\sccn2COC(=O)[C@@H]2CCCN2)cc1Br.Cl. The predicted octanol–water partition coefficient (Wildman–Crippen LogP) is 4.10. The monoisotopic (exact) mass is 558 g/mol. The molecule has 0 saturated carbocycles. The van der Waals surface area contributed by atoms with Gasteiger partial charge in [-0.1, -0.05) is 20.8 Å². The Labute approximate surface area is 211 Å². The normalized spacial score (nSPS) is 16.2. The van der Waals surface area contributed by atoms with Crippen molar-refractivity contribution < 1.29 is 19.1 Å². The van der Waals surface area contributed by atoms with E-state index in [1.165, 1.54) is 11.3 Å². The van der Waals surface area contributed by atoms with Crippen LogP contribution in [0.4, 0.5) is 5.69 Å². The van der Waals surface area contributed by atoms with Gasteiger partial charge in [-0.3, -0.25) is 19.0 Å². The van der Waals surface area contributed by atoms with Crippen molar-refractivity contribution in [3.05, 3.63) is 44.6 Å². The number of carbonyl (C=O) groups excluding carboxylic acids is 3. The van der Waals surface area contributed by atoms with Crippen molar-refractivity contribution in [1.29, 1.82) is 0 Å². The van der Waals surface area contributed by atoms with Crippen LogP contribution in [0.25, 0.3) is 0 Å². The van der Waals surface area contributed by atoms with E-state index in [2.05, 4.69) is 31.6 Å². The zero-order valence-electron chi connectivity index (χ0n) is 18.7. The van der Waals surface area contributed by atoms with E-state index in [9.17, 15) is 14.4 Å². The summed E-state index contributed by atoms with van der Waals surface area (Å²) in [4.78, 5) is 41.6. The lowest BCUT2D eigenvalue weighted by atomic mass is 9.92. The highest BCUT2D eigenvalue weighted by Crippen LogP contribution is 2.26. The van der Waals surface area contributed by atoms with Crippen LogP contribution in [0.3, 0.4) is 0 Å². The van der Waals surface area contributed by atoms with Gasteiger partial charge in [-0.15, -0.1) is 23.7 Å². The Morgan fingerprint density at radius 2 is 2.09 bits per heavy atom. The summed E-state index contributed by atoms with van der Waals surface area (Å²) >= 11 is 4.69. The smallest absolute Gasteiger partial charge is 0.324 e. The lowest BCUT2D eigenvalue weighted by Gasteiger charge is -2.17. The van der Waals surface area contributed by atoms with E-state index >= 15 is 0 Å². The highest BCUT2D eigenvalue weighted by Gasteiger charge is 2.23. The number of carbonyl (C=O) groups is 3. The zero-order valence-corrected chi connectivity index (χ0v) is 21.9. The molecule has 0 radical (unpaired) electrons. The first-order chi connectivity index (χ1) is 15.1. The van der Waals surface area contributed by atoms with E-state index in [-0.39, 0.29) is 42.5 Å². The second kappa shape index (κ2) is 11.9. The Kier molecular flexibility index (Phi) is 9.84. The molecule has 33 heavy (non-hydrogen) atoms. The van der Waals surface area contributed by atoms with Gasteiger partial charge in [0.2, 0.25) is 5.91 Å². The van der Waals surface area contributed by atoms with Gasteiger partial charge in [0.25, 0.3) is 5.91 Å². The topological polar surface area (TPSA) is 102 Å². The Balaban J connectivity index is 0.00000385. The third-order valence-corrected chi connectivity index (χ3v) is 6.18. The van der Waals surface area contributed by atoms with E-state index in [0.29, 0.717) is 26.9 Å². The molecule has 2 aromatic rings. The van der Waals surface area contributed by atoms with Crippen molar-refractivity contribution in [2.45, 2.75) is 52.8 Å². The highest BCUT2D eigenvalue weighted by atomic mass is 79.9. The van der Waals surface area contributed by atoms with Gasteiger partial charge < -0.3 is 15.4 Å². The summed E-state index contributed by atoms with van der Waals surface area (Å²) in [6, 6.07) is 4.65. The molecule has 1 aliphatic rings. The first-order valence-electron chi connectivity index (χ1n) is 10.3. The van der Waals surface area contributed by atoms with Gasteiger partial charge in [0, 0.05) is 28.0 Å². The molecule has 1 saturated heterocycles. The van der Waals surface area contributed by atoms with E-state index < -0.39 is 5.91 Å². The number of thiazole rings is 1. The summed E-state index contributed by atoms with van der Waals surface area (Å²) < 4.78 is 7.57. The van der Waals surface area contributed by atoms with E-state index in [1.807, 2.05) is 20.8 Å². The second-order valence-electron chi connectivity index (χ2n) is 8.79. The summed E-state index contributed by atoms with van der Waals surface area (Å²) in [7, 11) is 0. The summed E-state index contributed by atoms with van der Waals surface area (Å²) in [6.45, 7) is 6.79. The van der Waals surface area contributed by atoms with E-state index in [4.69, 9.17) is 4.74 Å². The number of benzene rings is 1. The number of rotatable bonds is 6. The van der Waals surface area contributed by atoms with Crippen LogP contribution in [0, 0.1) is 5.41 Å². The van der Waals surface area contributed by atoms with Gasteiger partial charge >= 0.3 is 5.97 Å². The van der Waals surface area contributed by atoms with Gasteiger partial charge in [-0.25, -0.2) is 0 Å². The molecule has 0 unspecified atom stereocenters. The number of nitrogens with one attached hydrogen (secondary N) is 2. The van der Waals surface area contributed by atoms with Crippen LogP contribution in [-0.2, 0) is 21.1 Å². The van der Waals surface area contributed by atoms with Crippen LogP contribution >= 0.6 is 39.7 Å². The van der Waals surface area contributed by atoms with Crippen LogP contribution in [0.2, 0.25) is 0 Å². The summed E-state index contributed by atoms with van der Waals surface area (Å²) in [5.74, 6) is -0.825. The molecule has 1 aromatic carbocycles. The molecule has 1 aliphatic heterocycles. The number of amides is 2. The number of esters is 1. The number of nitrogens with zero attached hydrogens (tertiary/aromatic N) is 2. The summed E-state index contributed by atoms with van der Waals surface area (Å²) in [5, 5.41) is 7.73.